The summed E-state index contributed by atoms with van der Waals surface area (Å²) in [7, 11) is 1.56. The van der Waals surface area contributed by atoms with Gasteiger partial charge in [0.25, 0.3) is 5.91 Å². The Morgan fingerprint density at radius 1 is 1.19 bits per heavy atom. The van der Waals surface area contributed by atoms with Crippen LogP contribution in [0.2, 0.25) is 0 Å². The van der Waals surface area contributed by atoms with Crippen LogP contribution in [-0.2, 0) is 9.59 Å². The molecular weight excluding hydrogens is 348 g/mol. The summed E-state index contributed by atoms with van der Waals surface area (Å²) in [6, 6.07) is 14.2. The van der Waals surface area contributed by atoms with Gasteiger partial charge in [0.2, 0.25) is 12.0 Å². The van der Waals surface area contributed by atoms with E-state index in [4.69, 9.17) is 14.2 Å². The van der Waals surface area contributed by atoms with Crippen LogP contribution >= 0.6 is 0 Å². The number of ether oxygens (including phenoxy) is 3. The Hall–Kier alpha value is -3.22. The number of carbonyl (C=O) groups excluding carboxylic acids is 2. The maximum absolute atomic E-state index is 12.7. The van der Waals surface area contributed by atoms with E-state index in [9.17, 15) is 9.59 Å². The molecule has 1 aliphatic rings. The summed E-state index contributed by atoms with van der Waals surface area (Å²) in [6.45, 7) is 2.23. The lowest BCUT2D eigenvalue weighted by Crippen LogP contribution is -2.48. The molecule has 0 radical (unpaired) electrons. The van der Waals surface area contributed by atoms with E-state index in [0.29, 0.717) is 29.5 Å². The second-order valence-electron chi connectivity index (χ2n) is 6.00. The Morgan fingerprint density at radius 3 is 2.70 bits per heavy atom. The van der Waals surface area contributed by atoms with Crippen LogP contribution in [0.4, 0.5) is 5.69 Å². The van der Waals surface area contributed by atoms with Gasteiger partial charge in [0.1, 0.15) is 12.4 Å². The molecule has 0 fully saturated rings. The first-order valence-electron chi connectivity index (χ1n) is 8.72. The van der Waals surface area contributed by atoms with Crippen molar-refractivity contribution in [2.24, 2.45) is 0 Å². The molecule has 2 amide bonds. The van der Waals surface area contributed by atoms with Crippen molar-refractivity contribution in [3.63, 3.8) is 0 Å². The Labute approximate surface area is 157 Å². The van der Waals surface area contributed by atoms with Crippen LogP contribution in [0.15, 0.2) is 48.5 Å². The van der Waals surface area contributed by atoms with Gasteiger partial charge >= 0.3 is 0 Å². The smallest absolute Gasteiger partial charge is 0.267 e. The van der Waals surface area contributed by atoms with E-state index in [0.717, 1.165) is 0 Å². The average molecular weight is 370 g/mol. The van der Waals surface area contributed by atoms with Gasteiger partial charge in [-0.1, -0.05) is 18.2 Å². The van der Waals surface area contributed by atoms with E-state index in [2.05, 4.69) is 5.32 Å². The standard InChI is InChI=1S/C20H22N2O5/c1-3-22(12-19(23)21-14-7-6-8-15(11-14)25-2)20(24)18-13-26-16-9-4-5-10-17(16)27-18/h4-11,18H,3,12-13H2,1-2H3,(H,21,23)/t18-/m0/s1. The number of hydrogen-bond donors (Lipinski definition) is 1. The maximum atomic E-state index is 12.7. The van der Waals surface area contributed by atoms with Crippen LogP contribution in [0, 0.1) is 0 Å². The quantitative estimate of drug-likeness (QED) is 0.844. The number of hydrogen-bond acceptors (Lipinski definition) is 5. The third kappa shape index (κ3) is 4.49. The molecule has 0 aromatic heterocycles. The first-order valence-corrected chi connectivity index (χ1v) is 8.72. The number of anilines is 1. The molecule has 1 aliphatic heterocycles. The van der Waals surface area contributed by atoms with Crippen molar-refractivity contribution in [3.8, 4) is 17.2 Å². The van der Waals surface area contributed by atoms with Crippen molar-refractivity contribution in [2.45, 2.75) is 13.0 Å². The lowest BCUT2D eigenvalue weighted by molar-refractivity contribution is -0.143. The van der Waals surface area contributed by atoms with Crippen molar-refractivity contribution >= 4 is 17.5 Å². The number of methoxy groups -OCH3 is 1. The predicted molar refractivity (Wildman–Crippen MR) is 100 cm³/mol. The highest BCUT2D eigenvalue weighted by Crippen LogP contribution is 2.31. The van der Waals surface area contributed by atoms with E-state index < -0.39 is 6.10 Å². The number of nitrogens with one attached hydrogen (secondary N) is 1. The van der Waals surface area contributed by atoms with Crippen LogP contribution in [0.3, 0.4) is 0 Å². The molecule has 0 spiro atoms. The van der Waals surface area contributed by atoms with Gasteiger partial charge in [-0.15, -0.1) is 0 Å². The van der Waals surface area contributed by atoms with Gasteiger partial charge < -0.3 is 24.4 Å². The summed E-state index contributed by atoms with van der Waals surface area (Å²) in [5.41, 5.74) is 0.606. The molecular formula is C20H22N2O5. The fourth-order valence-electron chi connectivity index (χ4n) is 2.77. The molecule has 1 heterocycles. The van der Waals surface area contributed by atoms with E-state index in [1.165, 1.54) is 4.90 Å². The molecule has 0 aliphatic carbocycles. The van der Waals surface area contributed by atoms with Gasteiger partial charge in [-0.25, -0.2) is 0 Å². The highest BCUT2D eigenvalue weighted by molar-refractivity contribution is 5.95. The minimum atomic E-state index is -0.774. The molecule has 3 rings (SSSR count). The van der Waals surface area contributed by atoms with E-state index in [-0.39, 0.29) is 25.0 Å². The molecule has 2 aromatic rings. The van der Waals surface area contributed by atoms with Gasteiger partial charge in [0.15, 0.2) is 11.5 Å². The van der Waals surface area contributed by atoms with Crippen LogP contribution in [0.5, 0.6) is 17.2 Å². The zero-order valence-electron chi connectivity index (χ0n) is 15.3. The molecule has 1 N–H and O–H groups in total. The Balaban J connectivity index is 1.61. The first-order chi connectivity index (χ1) is 13.1. The molecule has 0 unspecified atom stereocenters. The van der Waals surface area contributed by atoms with Crippen molar-refractivity contribution in [2.75, 3.05) is 32.1 Å². The molecule has 27 heavy (non-hydrogen) atoms. The maximum Gasteiger partial charge on any atom is 0.267 e. The van der Waals surface area contributed by atoms with Crippen LogP contribution in [-0.4, -0.2) is 49.6 Å². The third-order valence-corrected chi connectivity index (χ3v) is 4.17. The van der Waals surface area contributed by atoms with Gasteiger partial charge in [-0.3, -0.25) is 9.59 Å². The Bertz CT molecular complexity index is 824. The third-order valence-electron chi connectivity index (χ3n) is 4.17. The minimum absolute atomic E-state index is 0.0753. The number of nitrogens with zero attached hydrogens (tertiary/aromatic N) is 1. The van der Waals surface area contributed by atoms with Gasteiger partial charge in [-0.2, -0.15) is 0 Å². The molecule has 7 heteroatoms. The number of amides is 2. The second kappa shape index (κ2) is 8.44. The van der Waals surface area contributed by atoms with Gasteiger partial charge in [-0.05, 0) is 31.2 Å². The fourth-order valence-corrected chi connectivity index (χ4v) is 2.77. The largest absolute Gasteiger partial charge is 0.497 e. The number of benzene rings is 2. The summed E-state index contributed by atoms with van der Waals surface area (Å²) in [5.74, 6) is 1.20. The summed E-state index contributed by atoms with van der Waals surface area (Å²) in [4.78, 5) is 26.5. The van der Waals surface area contributed by atoms with Crippen molar-refractivity contribution in [1.82, 2.24) is 4.90 Å². The summed E-state index contributed by atoms with van der Waals surface area (Å²) in [6.07, 6.45) is -0.774. The summed E-state index contributed by atoms with van der Waals surface area (Å²) in [5, 5.41) is 2.77. The lowest BCUT2D eigenvalue weighted by atomic mass is 10.2. The minimum Gasteiger partial charge on any atom is -0.497 e. The second-order valence-corrected chi connectivity index (χ2v) is 6.00. The van der Waals surface area contributed by atoms with Crippen LogP contribution in [0.25, 0.3) is 0 Å². The van der Waals surface area contributed by atoms with Crippen molar-refractivity contribution in [1.29, 1.82) is 0 Å². The molecule has 1 atom stereocenters. The lowest BCUT2D eigenvalue weighted by Gasteiger charge is -2.29. The summed E-state index contributed by atoms with van der Waals surface area (Å²) < 4.78 is 16.5. The average Bonchev–Trinajstić information content (AvgIpc) is 2.71. The number of para-hydroxylation sites is 2. The zero-order valence-corrected chi connectivity index (χ0v) is 15.3. The van der Waals surface area contributed by atoms with Gasteiger partial charge in [0, 0.05) is 18.3 Å². The predicted octanol–water partition coefficient (Wildman–Crippen LogP) is 2.32. The van der Waals surface area contributed by atoms with Gasteiger partial charge in [0.05, 0.1) is 13.7 Å². The van der Waals surface area contributed by atoms with E-state index >= 15 is 0 Å². The van der Waals surface area contributed by atoms with E-state index in [1.54, 1.807) is 43.5 Å². The number of fused-ring (bicyclic) bond motifs is 1. The SMILES string of the molecule is CCN(CC(=O)Nc1cccc(OC)c1)C(=O)[C@@H]1COc2ccccc2O1. The van der Waals surface area contributed by atoms with E-state index in [1.807, 2.05) is 19.1 Å². The number of rotatable bonds is 6. The van der Waals surface area contributed by atoms with Crippen LogP contribution < -0.4 is 19.5 Å². The summed E-state index contributed by atoms with van der Waals surface area (Å²) >= 11 is 0. The normalized spacial score (nSPS) is 15.0. The molecule has 0 bridgehead atoms. The Kier molecular flexibility index (Phi) is 5.80. The molecule has 0 saturated heterocycles. The zero-order chi connectivity index (χ0) is 19.2. The molecule has 0 saturated carbocycles. The fraction of sp³-hybridized carbons (Fsp3) is 0.300. The van der Waals surface area contributed by atoms with Crippen molar-refractivity contribution in [3.05, 3.63) is 48.5 Å². The number of carbonyl (C=O) groups is 2. The highest BCUT2D eigenvalue weighted by Gasteiger charge is 2.31. The molecule has 142 valence electrons. The topological polar surface area (TPSA) is 77.1 Å². The van der Waals surface area contributed by atoms with Crippen molar-refractivity contribution < 1.29 is 23.8 Å². The first kappa shape index (κ1) is 18.6. The molecule has 7 nitrogen and oxygen atoms in total. The monoisotopic (exact) mass is 370 g/mol. The molecule has 2 aromatic carbocycles. The number of likely N-dealkylation sites (N-methyl/N-ethyl adjacent to an activating group) is 1. The Morgan fingerprint density at radius 2 is 1.96 bits per heavy atom. The highest BCUT2D eigenvalue weighted by atomic mass is 16.6. The van der Waals surface area contributed by atoms with Crippen LogP contribution in [0.1, 0.15) is 6.92 Å².